The maximum absolute atomic E-state index is 13.2. The Morgan fingerprint density at radius 1 is 1.27 bits per heavy atom. The Balaban J connectivity index is 1.26. The lowest BCUT2D eigenvalue weighted by atomic mass is 9.55. The normalized spacial score (nSPS) is 36.7. The van der Waals surface area contributed by atoms with Crippen molar-refractivity contribution in [3.63, 3.8) is 0 Å². The Hall–Kier alpha value is -1.94. The van der Waals surface area contributed by atoms with Crippen LogP contribution in [0.3, 0.4) is 0 Å². The summed E-state index contributed by atoms with van der Waals surface area (Å²) in [6, 6.07) is 6.75. The number of hydrogen-bond acceptors (Lipinski definition) is 3. The summed E-state index contributed by atoms with van der Waals surface area (Å²) in [4.78, 5) is 15.2. The van der Waals surface area contributed by atoms with Gasteiger partial charge in [0.2, 0.25) is 0 Å². The summed E-state index contributed by atoms with van der Waals surface area (Å²) < 4.78 is 19.1. The van der Waals surface area contributed by atoms with Gasteiger partial charge in [-0.15, -0.1) is 0 Å². The molecule has 3 nitrogen and oxygen atoms in total. The zero-order valence-corrected chi connectivity index (χ0v) is 17.9. The molecule has 2 saturated carbocycles. The highest BCUT2D eigenvalue weighted by atomic mass is 19.1. The van der Waals surface area contributed by atoms with Gasteiger partial charge in [-0.3, -0.25) is 9.69 Å². The van der Waals surface area contributed by atoms with Gasteiger partial charge in [-0.05, 0) is 73.1 Å². The van der Waals surface area contributed by atoms with Gasteiger partial charge in [0.15, 0.2) is 0 Å². The smallest absolute Gasteiger partial charge is 0.310 e. The summed E-state index contributed by atoms with van der Waals surface area (Å²) in [7, 11) is 0. The third-order valence-electron chi connectivity index (χ3n) is 8.28. The molecule has 5 rings (SSSR count). The molecule has 1 aromatic carbocycles. The molecule has 160 valence electrons. The highest BCUT2D eigenvalue weighted by Crippen LogP contribution is 2.57. The SMILES string of the molecule is C=C1CCCC2(C)CC3OC(=O)C(CN4CC=C(c5ccc(F)cc5)CC4)C3CC12. The van der Waals surface area contributed by atoms with E-state index in [0.717, 1.165) is 50.9 Å². The number of hydrogen-bond donors (Lipinski definition) is 0. The van der Waals surface area contributed by atoms with Crippen LogP contribution in [0.15, 0.2) is 42.5 Å². The summed E-state index contributed by atoms with van der Waals surface area (Å²) in [5.41, 5.74) is 4.01. The van der Waals surface area contributed by atoms with Gasteiger partial charge in [-0.1, -0.05) is 37.3 Å². The lowest BCUT2D eigenvalue weighted by Gasteiger charge is -2.50. The van der Waals surface area contributed by atoms with E-state index in [-0.39, 0.29) is 29.2 Å². The van der Waals surface area contributed by atoms with Gasteiger partial charge in [0.1, 0.15) is 11.9 Å². The van der Waals surface area contributed by atoms with Crippen LogP contribution in [0.5, 0.6) is 0 Å². The summed E-state index contributed by atoms with van der Waals surface area (Å²) in [5.74, 6) is 0.653. The molecule has 2 heterocycles. The number of carbonyl (C=O) groups excluding carboxylic acids is 1. The fraction of sp³-hybridized carbons (Fsp3) is 0.577. The number of ether oxygens (including phenoxy) is 1. The van der Waals surface area contributed by atoms with Crippen LogP contribution in [0.4, 0.5) is 4.39 Å². The van der Waals surface area contributed by atoms with Gasteiger partial charge in [0.05, 0.1) is 5.92 Å². The van der Waals surface area contributed by atoms with E-state index in [4.69, 9.17) is 4.74 Å². The minimum Gasteiger partial charge on any atom is -0.462 e. The summed E-state index contributed by atoms with van der Waals surface area (Å²) >= 11 is 0. The van der Waals surface area contributed by atoms with Crippen molar-refractivity contribution in [2.45, 2.75) is 51.6 Å². The first-order chi connectivity index (χ1) is 14.4. The fourth-order valence-electron chi connectivity index (χ4n) is 6.55. The number of fused-ring (bicyclic) bond motifs is 2. The maximum atomic E-state index is 13.2. The minimum absolute atomic E-state index is 0.00571. The molecule has 0 amide bonds. The summed E-state index contributed by atoms with van der Waals surface area (Å²) in [6.45, 7) is 9.32. The van der Waals surface area contributed by atoms with E-state index in [1.807, 2.05) is 12.1 Å². The van der Waals surface area contributed by atoms with Crippen LogP contribution in [-0.2, 0) is 9.53 Å². The van der Waals surface area contributed by atoms with Crippen molar-refractivity contribution < 1.29 is 13.9 Å². The van der Waals surface area contributed by atoms with E-state index < -0.39 is 0 Å². The van der Waals surface area contributed by atoms with Crippen LogP contribution in [0.25, 0.3) is 5.57 Å². The van der Waals surface area contributed by atoms with Crippen LogP contribution in [0, 0.1) is 29.0 Å². The molecule has 0 aromatic heterocycles. The first-order valence-corrected chi connectivity index (χ1v) is 11.5. The second-order valence-electron chi connectivity index (χ2n) is 10.1. The Kier molecular flexibility index (Phi) is 5.09. The molecule has 3 fully saturated rings. The van der Waals surface area contributed by atoms with Crippen molar-refractivity contribution in [1.82, 2.24) is 4.90 Å². The molecule has 4 heteroatoms. The molecule has 0 bridgehead atoms. The predicted octanol–water partition coefficient (Wildman–Crippen LogP) is 5.23. The molecule has 2 aliphatic heterocycles. The average Bonchev–Trinajstić information content (AvgIpc) is 3.01. The van der Waals surface area contributed by atoms with E-state index in [1.165, 1.54) is 36.1 Å². The van der Waals surface area contributed by atoms with Crippen LogP contribution >= 0.6 is 0 Å². The average molecular weight is 410 g/mol. The monoisotopic (exact) mass is 409 g/mol. The van der Waals surface area contributed by atoms with Crippen LogP contribution in [0.1, 0.15) is 51.0 Å². The zero-order chi connectivity index (χ0) is 20.9. The number of carbonyl (C=O) groups is 1. The Morgan fingerprint density at radius 3 is 2.80 bits per heavy atom. The van der Waals surface area contributed by atoms with Crippen molar-refractivity contribution in [1.29, 1.82) is 0 Å². The Bertz CT molecular complexity index is 876. The van der Waals surface area contributed by atoms with Gasteiger partial charge in [0.25, 0.3) is 0 Å². The van der Waals surface area contributed by atoms with Crippen LogP contribution in [-0.4, -0.2) is 36.6 Å². The van der Waals surface area contributed by atoms with E-state index >= 15 is 0 Å². The van der Waals surface area contributed by atoms with Gasteiger partial charge >= 0.3 is 5.97 Å². The van der Waals surface area contributed by atoms with Crippen molar-refractivity contribution >= 4 is 11.5 Å². The fourth-order valence-corrected chi connectivity index (χ4v) is 6.55. The lowest BCUT2D eigenvalue weighted by molar-refractivity contribution is -0.146. The van der Waals surface area contributed by atoms with E-state index in [0.29, 0.717) is 11.8 Å². The summed E-state index contributed by atoms with van der Waals surface area (Å²) in [6.07, 6.45) is 8.89. The van der Waals surface area contributed by atoms with Crippen molar-refractivity contribution in [2.24, 2.45) is 23.2 Å². The molecule has 1 aromatic rings. The van der Waals surface area contributed by atoms with Gasteiger partial charge < -0.3 is 4.74 Å². The number of halogens is 1. The number of benzene rings is 1. The van der Waals surface area contributed by atoms with Crippen LogP contribution in [0.2, 0.25) is 0 Å². The predicted molar refractivity (Wildman–Crippen MR) is 116 cm³/mol. The number of nitrogens with zero attached hydrogens (tertiary/aromatic N) is 1. The summed E-state index contributed by atoms with van der Waals surface area (Å²) in [5, 5.41) is 0. The van der Waals surface area contributed by atoms with E-state index in [2.05, 4.69) is 24.5 Å². The molecule has 5 unspecified atom stereocenters. The first-order valence-electron chi connectivity index (χ1n) is 11.5. The molecule has 5 atom stereocenters. The third kappa shape index (κ3) is 3.53. The standard InChI is InChI=1S/C26H32FNO2/c1-17-4-3-11-26(2)15-24-21(14-23(17)26)22(25(29)30-24)16-28-12-9-19(10-13-28)18-5-7-20(27)8-6-18/h5-9,21-24H,1,3-4,10-16H2,2H3. The molecule has 1 saturated heterocycles. The highest BCUT2D eigenvalue weighted by molar-refractivity contribution is 5.76. The van der Waals surface area contributed by atoms with Crippen molar-refractivity contribution in [3.8, 4) is 0 Å². The first kappa shape index (κ1) is 20.0. The number of allylic oxidation sites excluding steroid dienone is 1. The molecule has 2 aliphatic carbocycles. The maximum Gasteiger partial charge on any atom is 0.310 e. The van der Waals surface area contributed by atoms with Crippen molar-refractivity contribution in [2.75, 3.05) is 19.6 Å². The Labute approximate surface area is 179 Å². The van der Waals surface area contributed by atoms with Crippen LogP contribution < -0.4 is 0 Å². The quantitative estimate of drug-likeness (QED) is 0.506. The zero-order valence-electron chi connectivity index (χ0n) is 17.9. The van der Waals surface area contributed by atoms with E-state index in [1.54, 1.807) is 0 Å². The molecule has 0 radical (unpaired) electrons. The van der Waals surface area contributed by atoms with Gasteiger partial charge in [0, 0.05) is 25.6 Å². The third-order valence-corrected chi connectivity index (χ3v) is 8.28. The van der Waals surface area contributed by atoms with Crippen molar-refractivity contribution in [3.05, 3.63) is 53.9 Å². The second-order valence-corrected chi connectivity index (χ2v) is 10.1. The molecule has 0 N–H and O–H groups in total. The molecule has 0 spiro atoms. The largest absolute Gasteiger partial charge is 0.462 e. The molecular weight excluding hydrogens is 377 g/mol. The Morgan fingerprint density at radius 2 is 2.07 bits per heavy atom. The number of rotatable bonds is 3. The number of esters is 1. The van der Waals surface area contributed by atoms with Gasteiger partial charge in [-0.25, -0.2) is 4.39 Å². The lowest BCUT2D eigenvalue weighted by Crippen LogP contribution is -2.46. The van der Waals surface area contributed by atoms with Gasteiger partial charge in [-0.2, -0.15) is 0 Å². The minimum atomic E-state index is -0.199. The molecule has 30 heavy (non-hydrogen) atoms. The van der Waals surface area contributed by atoms with E-state index in [9.17, 15) is 9.18 Å². The topological polar surface area (TPSA) is 29.5 Å². The second kappa shape index (κ2) is 7.64. The molecule has 4 aliphatic rings. The molecular formula is C26H32FNO2. The highest BCUT2D eigenvalue weighted by Gasteiger charge is 2.55.